The second-order valence-corrected chi connectivity index (χ2v) is 11.0. The van der Waals surface area contributed by atoms with E-state index in [2.05, 4.69) is 4.90 Å². The van der Waals surface area contributed by atoms with E-state index in [4.69, 9.17) is 9.72 Å². The quantitative estimate of drug-likeness (QED) is 0.393. The van der Waals surface area contributed by atoms with Crippen molar-refractivity contribution in [1.82, 2.24) is 14.2 Å². The normalized spacial score (nSPS) is 12.0. The van der Waals surface area contributed by atoms with E-state index >= 15 is 0 Å². The van der Waals surface area contributed by atoms with Gasteiger partial charge in [-0.05, 0) is 63.5 Å². The zero-order valence-electron chi connectivity index (χ0n) is 20.3. The molecule has 0 fully saturated rings. The second-order valence-electron chi connectivity index (χ2n) is 8.06. The molecular weight excluding hydrogens is 472 g/mol. The van der Waals surface area contributed by atoms with E-state index in [-0.39, 0.29) is 10.8 Å². The third kappa shape index (κ3) is 5.75. The van der Waals surface area contributed by atoms with Gasteiger partial charge in [0.25, 0.3) is 5.91 Å². The Kier molecular flexibility index (Phi) is 8.64. The van der Waals surface area contributed by atoms with Gasteiger partial charge in [0.2, 0.25) is 10.0 Å². The fraction of sp³-hybridized carbons (Fsp3) is 0.417. The Balaban J connectivity index is 1.92. The number of carbonyl (C=O) groups excluding carboxylic acids is 1. The van der Waals surface area contributed by atoms with Crippen LogP contribution in [0.25, 0.3) is 10.2 Å². The molecular formula is C24H32N4O4S2. The highest BCUT2D eigenvalue weighted by Gasteiger charge is 2.24. The minimum Gasteiger partial charge on any atom is -0.497 e. The summed E-state index contributed by atoms with van der Waals surface area (Å²) in [7, 11) is 2.01. The van der Waals surface area contributed by atoms with Crippen molar-refractivity contribution >= 4 is 42.6 Å². The smallest absolute Gasteiger partial charge is 0.260 e. The number of nitrogens with zero attached hydrogens (tertiary/aromatic N) is 4. The van der Waals surface area contributed by atoms with E-state index in [1.807, 2.05) is 32.3 Å². The third-order valence-corrected chi connectivity index (χ3v) is 8.61. The number of rotatable bonds is 11. The van der Waals surface area contributed by atoms with E-state index in [1.54, 1.807) is 38.0 Å². The van der Waals surface area contributed by atoms with Gasteiger partial charge in [0, 0.05) is 31.3 Å². The molecule has 34 heavy (non-hydrogen) atoms. The molecule has 0 radical (unpaired) electrons. The van der Waals surface area contributed by atoms with Gasteiger partial charge in [-0.3, -0.25) is 9.69 Å². The topological polar surface area (TPSA) is 83.1 Å². The summed E-state index contributed by atoms with van der Waals surface area (Å²) >= 11 is 1.45. The van der Waals surface area contributed by atoms with Crippen molar-refractivity contribution in [1.29, 1.82) is 0 Å². The number of methoxy groups -OCH3 is 1. The highest BCUT2D eigenvalue weighted by atomic mass is 32.2. The van der Waals surface area contributed by atoms with Crippen molar-refractivity contribution in [2.24, 2.45) is 0 Å². The van der Waals surface area contributed by atoms with Gasteiger partial charge in [0.05, 0.1) is 22.2 Å². The summed E-state index contributed by atoms with van der Waals surface area (Å²) in [6.45, 7) is 5.70. The average Bonchev–Trinajstić information content (AvgIpc) is 3.24. The monoisotopic (exact) mass is 504 g/mol. The number of thiazole rings is 1. The first-order valence-electron chi connectivity index (χ1n) is 11.2. The Morgan fingerprint density at radius 3 is 2.29 bits per heavy atom. The molecule has 1 aromatic heterocycles. The number of fused-ring (bicyclic) bond motifs is 1. The van der Waals surface area contributed by atoms with Crippen LogP contribution in [-0.4, -0.2) is 75.9 Å². The van der Waals surface area contributed by atoms with Crippen molar-refractivity contribution in [3.05, 3.63) is 48.0 Å². The molecule has 0 unspecified atom stereocenters. The van der Waals surface area contributed by atoms with Crippen molar-refractivity contribution in [2.75, 3.05) is 52.3 Å². The van der Waals surface area contributed by atoms with Crippen molar-refractivity contribution in [2.45, 2.75) is 25.2 Å². The third-order valence-electron chi connectivity index (χ3n) is 5.49. The number of ether oxygens (including phenoxy) is 1. The lowest BCUT2D eigenvalue weighted by molar-refractivity contribution is 0.0986. The lowest BCUT2D eigenvalue weighted by atomic mass is 10.2. The Bertz CT molecular complexity index is 1220. The molecule has 0 bridgehead atoms. The number of anilines is 1. The second kappa shape index (κ2) is 11.3. The number of amides is 1. The van der Waals surface area contributed by atoms with Gasteiger partial charge in [-0.2, -0.15) is 4.31 Å². The minimum absolute atomic E-state index is 0.180. The van der Waals surface area contributed by atoms with Crippen LogP contribution >= 0.6 is 11.3 Å². The maximum absolute atomic E-state index is 13.5. The Morgan fingerprint density at radius 2 is 1.71 bits per heavy atom. The predicted molar refractivity (Wildman–Crippen MR) is 138 cm³/mol. The molecule has 3 rings (SSSR count). The summed E-state index contributed by atoms with van der Waals surface area (Å²) in [6, 6.07) is 11.8. The van der Waals surface area contributed by atoms with Gasteiger partial charge in [0.1, 0.15) is 5.75 Å². The molecule has 1 amide bonds. The Hall–Kier alpha value is -2.53. The van der Waals surface area contributed by atoms with Crippen LogP contribution in [0.5, 0.6) is 5.75 Å². The maximum Gasteiger partial charge on any atom is 0.260 e. The van der Waals surface area contributed by atoms with Gasteiger partial charge in [-0.15, -0.1) is 0 Å². The molecule has 2 aromatic carbocycles. The number of carbonyl (C=O) groups is 1. The van der Waals surface area contributed by atoms with Crippen LogP contribution in [0.2, 0.25) is 0 Å². The molecule has 0 saturated heterocycles. The van der Waals surface area contributed by atoms with E-state index in [0.29, 0.717) is 36.1 Å². The molecule has 0 N–H and O–H groups in total. The number of sulfonamides is 1. The molecule has 0 aliphatic rings. The Labute approximate surface area is 205 Å². The van der Waals surface area contributed by atoms with Gasteiger partial charge in [-0.1, -0.05) is 25.2 Å². The van der Waals surface area contributed by atoms with Crippen LogP contribution in [-0.2, 0) is 10.0 Å². The van der Waals surface area contributed by atoms with Crippen LogP contribution in [0.1, 0.15) is 30.6 Å². The first kappa shape index (κ1) is 26.1. The summed E-state index contributed by atoms with van der Waals surface area (Å²) in [4.78, 5) is 22.1. The fourth-order valence-corrected chi connectivity index (χ4v) is 6.03. The molecule has 0 saturated carbocycles. The highest BCUT2D eigenvalue weighted by molar-refractivity contribution is 7.89. The summed E-state index contributed by atoms with van der Waals surface area (Å²) in [5.74, 6) is 0.497. The molecule has 1 heterocycles. The summed E-state index contributed by atoms with van der Waals surface area (Å²) < 4.78 is 33.2. The molecule has 8 nitrogen and oxygen atoms in total. The van der Waals surface area contributed by atoms with Crippen LogP contribution < -0.4 is 9.64 Å². The predicted octanol–water partition coefficient (Wildman–Crippen LogP) is 3.93. The minimum atomic E-state index is -3.58. The SMILES string of the molecule is CCN(CC)S(=O)(=O)c1ccc(C(=O)N(CCCN(C)C)c2nc3cc(OC)ccc3s2)cc1. The first-order chi connectivity index (χ1) is 16.2. The van der Waals surface area contributed by atoms with Gasteiger partial charge in [-0.25, -0.2) is 13.4 Å². The average molecular weight is 505 g/mol. The number of hydrogen-bond donors (Lipinski definition) is 0. The molecule has 0 spiro atoms. The zero-order valence-corrected chi connectivity index (χ0v) is 21.9. The fourth-order valence-electron chi connectivity index (χ4n) is 3.60. The number of benzene rings is 2. The maximum atomic E-state index is 13.5. The summed E-state index contributed by atoms with van der Waals surface area (Å²) in [5, 5.41) is 0.604. The molecule has 0 aliphatic carbocycles. The molecule has 184 valence electrons. The van der Waals surface area contributed by atoms with Crippen molar-refractivity contribution in [3.8, 4) is 5.75 Å². The van der Waals surface area contributed by atoms with E-state index in [1.165, 1.54) is 27.8 Å². The van der Waals surface area contributed by atoms with Crippen LogP contribution in [0, 0.1) is 0 Å². The van der Waals surface area contributed by atoms with Crippen LogP contribution in [0.4, 0.5) is 5.13 Å². The summed E-state index contributed by atoms with van der Waals surface area (Å²) in [6.07, 6.45) is 0.770. The molecule has 3 aromatic rings. The largest absolute Gasteiger partial charge is 0.497 e. The standard InChI is InChI=1S/C24H32N4O4S2/c1-6-27(7-2)34(30,31)20-12-9-18(10-13-20)23(29)28(16-8-15-26(3)4)24-25-21-17-19(32-5)11-14-22(21)33-24/h9-14,17H,6-8,15-16H2,1-5H3. The highest BCUT2D eigenvalue weighted by Crippen LogP contribution is 2.32. The molecule has 0 atom stereocenters. The Morgan fingerprint density at radius 1 is 1.03 bits per heavy atom. The van der Waals surface area contributed by atoms with Crippen LogP contribution in [0.3, 0.4) is 0 Å². The first-order valence-corrected chi connectivity index (χ1v) is 13.5. The number of aromatic nitrogens is 1. The molecule has 0 aliphatic heterocycles. The van der Waals surface area contributed by atoms with Gasteiger partial charge < -0.3 is 9.64 Å². The zero-order chi connectivity index (χ0) is 24.9. The van der Waals surface area contributed by atoms with Crippen molar-refractivity contribution < 1.29 is 17.9 Å². The summed E-state index contributed by atoms with van der Waals surface area (Å²) in [5.41, 5.74) is 1.19. The van der Waals surface area contributed by atoms with Gasteiger partial charge >= 0.3 is 0 Å². The molecule has 10 heteroatoms. The van der Waals surface area contributed by atoms with Crippen LogP contribution in [0.15, 0.2) is 47.4 Å². The van der Waals surface area contributed by atoms with E-state index in [0.717, 1.165) is 23.2 Å². The van der Waals surface area contributed by atoms with E-state index in [9.17, 15) is 13.2 Å². The van der Waals surface area contributed by atoms with Crippen molar-refractivity contribution in [3.63, 3.8) is 0 Å². The lowest BCUT2D eigenvalue weighted by Crippen LogP contribution is -2.33. The lowest BCUT2D eigenvalue weighted by Gasteiger charge is -2.22. The van der Waals surface area contributed by atoms with E-state index < -0.39 is 10.0 Å². The number of hydrogen-bond acceptors (Lipinski definition) is 7. The van der Waals surface area contributed by atoms with Gasteiger partial charge in [0.15, 0.2) is 5.13 Å².